The van der Waals surface area contributed by atoms with Crippen molar-refractivity contribution in [2.75, 3.05) is 11.9 Å². The molecule has 4 nitrogen and oxygen atoms in total. The van der Waals surface area contributed by atoms with Crippen molar-refractivity contribution in [3.8, 4) is 0 Å². The molecule has 2 rings (SSSR count). The van der Waals surface area contributed by atoms with Crippen LogP contribution in [0.4, 0.5) is 5.69 Å². The van der Waals surface area contributed by atoms with Crippen molar-refractivity contribution >= 4 is 40.8 Å². The highest BCUT2D eigenvalue weighted by Crippen LogP contribution is 2.24. The standard InChI is InChI=1S/C15H11Cl2NO3/c1-18(11-5-2-9(3-6-11)15(20)21)14(19)10-4-7-12(16)13(17)8-10/h2-8H,1H3,(H,20,21). The molecule has 0 fully saturated rings. The van der Waals surface area contributed by atoms with Gasteiger partial charge < -0.3 is 10.0 Å². The Morgan fingerprint density at radius 3 is 2.05 bits per heavy atom. The number of amides is 1. The second-order valence-electron chi connectivity index (χ2n) is 4.35. The van der Waals surface area contributed by atoms with E-state index in [-0.39, 0.29) is 11.5 Å². The number of nitrogens with zero attached hydrogens (tertiary/aromatic N) is 1. The maximum atomic E-state index is 12.3. The van der Waals surface area contributed by atoms with Crippen molar-refractivity contribution < 1.29 is 14.7 Å². The molecule has 1 N–H and O–H groups in total. The zero-order valence-electron chi connectivity index (χ0n) is 11.0. The summed E-state index contributed by atoms with van der Waals surface area (Å²) in [5.74, 6) is -1.28. The Balaban J connectivity index is 2.25. The Hall–Kier alpha value is -2.04. The van der Waals surface area contributed by atoms with E-state index in [4.69, 9.17) is 28.3 Å². The quantitative estimate of drug-likeness (QED) is 0.929. The zero-order chi connectivity index (χ0) is 15.6. The third-order valence-electron chi connectivity index (χ3n) is 2.97. The third kappa shape index (κ3) is 3.35. The molecule has 0 aliphatic heterocycles. The Morgan fingerprint density at radius 2 is 1.52 bits per heavy atom. The van der Waals surface area contributed by atoms with Gasteiger partial charge in [0.05, 0.1) is 15.6 Å². The number of benzene rings is 2. The number of rotatable bonds is 3. The van der Waals surface area contributed by atoms with E-state index < -0.39 is 5.97 Å². The second-order valence-corrected chi connectivity index (χ2v) is 5.16. The molecular weight excluding hydrogens is 313 g/mol. The van der Waals surface area contributed by atoms with E-state index >= 15 is 0 Å². The normalized spacial score (nSPS) is 10.2. The number of carboxylic acids is 1. The number of hydrogen-bond acceptors (Lipinski definition) is 2. The number of carboxylic acid groups (broad SMARTS) is 1. The lowest BCUT2D eigenvalue weighted by atomic mass is 10.1. The summed E-state index contributed by atoms with van der Waals surface area (Å²) in [6, 6.07) is 10.6. The van der Waals surface area contributed by atoms with Gasteiger partial charge in [0.1, 0.15) is 0 Å². The monoisotopic (exact) mass is 323 g/mol. The lowest BCUT2D eigenvalue weighted by Crippen LogP contribution is -2.26. The molecule has 21 heavy (non-hydrogen) atoms. The van der Waals surface area contributed by atoms with E-state index in [2.05, 4.69) is 0 Å². The third-order valence-corrected chi connectivity index (χ3v) is 3.71. The first-order chi connectivity index (χ1) is 9.90. The van der Waals surface area contributed by atoms with Gasteiger partial charge in [-0.2, -0.15) is 0 Å². The molecule has 0 saturated heterocycles. The van der Waals surface area contributed by atoms with Crippen molar-refractivity contribution in [1.29, 1.82) is 0 Å². The van der Waals surface area contributed by atoms with E-state index in [1.807, 2.05) is 0 Å². The van der Waals surface area contributed by atoms with Gasteiger partial charge in [-0.25, -0.2) is 4.79 Å². The fourth-order valence-electron chi connectivity index (χ4n) is 1.77. The highest BCUT2D eigenvalue weighted by molar-refractivity contribution is 6.42. The van der Waals surface area contributed by atoms with Crippen LogP contribution in [0, 0.1) is 0 Å². The summed E-state index contributed by atoms with van der Waals surface area (Å²) in [6.07, 6.45) is 0. The second kappa shape index (κ2) is 6.16. The average molecular weight is 324 g/mol. The van der Waals surface area contributed by atoms with Crippen LogP contribution in [-0.4, -0.2) is 24.0 Å². The van der Waals surface area contributed by atoms with Gasteiger partial charge in [0.25, 0.3) is 5.91 Å². The van der Waals surface area contributed by atoms with Crippen LogP contribution in [0.25, 0.3) is 0 Å². The van der Waals surface area contributed by atoms with Gasteiger partial charge in [-0.3, -0.25) is 4.79 Å². The molecular formula is C15H11Cl2NO3. The van der Waals surface area contributed by atoms with E-state index in [0.29, 0.717) is 21.3 Å². The minimum absolute atomic E-state index is 0.161. The van der Waals surface area contributed by atoms with Gasteiger partial charge in [-0.15, -0.1) is 0 Å². The molecule has 6 heteroatoms. The van der Waals surface area contributed by atoms with Gasteiger partial charge >= 0.3 is 5.97 Å². The van der Waals surface area contributed by atoms with Gasteiger partial charge in [0.15, 0.2) is 0 Å². The number of carbonyl (C=O) groups is 2. The highest BCUT2D eigenvalue weighted by Gasteiger charge is 2.15. The number of anilines is 1. The molecule has 0 atom stereocenters. The molecule has 0 aromatic heterocycles. The van der Waals surface area contributed by atoms with Crippen LogP contribution in [-0.2, 0) is 0 Å². The molecule has 0 heterocycles. The van der Waals surface area contributed by atoms with Crippen molar-refractivity contribution in [3.63, 3.8) is 0 Å². The number of hydrogen-bond donors (Lipinski definition) is 1. The zero-order valence-corrected chi connectivity index (χ0v) is 12.5. The Labute approximate surface area is 131 Å². The van der Waals surface area contributed by atoms with Crippen molar-refractivity contribution in [3.05, 3.63) is 63.6 Å². The summed E-state index contributed by atoms with van der Waals surface area (Å²) in [5.41, 5.74) is 1.14. The Bertz CT molecular complexity index is 699. The summed E-state index contributed by atoms with van der Waals surface area (Å²) < 4.78 is 0. The highest BCUT2D eigenvalue weighted by atomic mass is 35.5. The topological polar surface area (TPSA) is 57.6 Å². The first-order valence-corrected chi connectivity index (χ1v) is 6.72. The molecule has 0 unspecified atom stereocenters. The average Bonchev–Trinajstić information content (AvgIpc) is 2.48. The van der Waals surface area contributed by atoms with E-state index in [0.717, 1.165) is 0 Å². The van der Waals surface area contributed by atoms with Gasteiger partial charge in [0.2, 0.25) is 0 Å². The van der Waals surface area contributed by atoms with Crippen LogP contribution in [0.5, 0.6) is 0 Å². The number of carbonyl (C=O) groups excluding carboxylic acids is 1. The molecule has 0 aliphatic carbocycles. The summed E-state index contributed by atoms with van der Waals surface area (Å²) in [4.78, 5) is 24.5. The van der Waals surface area contributed by atoms with Crippen molar-refractivity contribution in [2.24, 2.45) is 0 Å². The molecule has 2 aromatic carbocycles. The summed E-state index contributed by atoms with van der Waals surface area (Å²) >= 11 is 11.7. The van der Waals surface area contributed by atoms with E-state index in [9.17, 15) is 9.59 Å². The number of aromatic carboxylic acids is 1. The Morgan fingerprint density at radius 1 is 0.952 bits per heavy atom. The van der Waals surface area contributed by atoms with Crippen molar-refractivity contribution in [2.45, 2.75) is 0 Å². The first-order valence-electron chi connectivity index (χ1n) is 5.96. The molecule has 0 spiro atoms. The van der Waals surface area contributed by atoms with E-state index in [1.54, 1.807) is 31.3 Å². The summed E-state index contributed by atoms with van der Waals surface area (Å²) in [7, 11) is 1.60. The number of halogens is 2. The van der Waals surface area contributed by atoms with Crippen LogP contribution in [0.15, 0.2) is 42.5 Å². The van der Waals surface area contributed by atoms with Crippen LogP contribution in [0.1, 0.15) is 20.7 Å². The molecule has 0 saturated carbocycles. The first kappa shape index (κ1) is 15.4. The van der Waals surface area contributed by atoms with Crippen molar-refractivity contribution in [1.82, 2.24) is 0 Å². The molecule has 2 aromatic rings. The van der Waals surface area contributed by atoms with Crippen LogP contribution in [0.2, 0.25) is 10.0 Å². The van der Waals surface area contributed by atoms with Crippen LogP contribution < -0.4 is 4.90 Å². The van der Waals surface area contributed by atoms with Gasteiger partial charge in [-0.05, 0) is 42.5 Å². The summed E-state index contributed by atoms with van der Waals surface area (Å²) in [6.45, 7) is 0. The fraction of sp³-hybridized carbons (Fsp3) is 0.0667. The molecule has 1 amide bonds. The van der Waals surface area contributed by atoms with E-state index in [1.165, 1.54) is 23.1 Å². The molecule has 0 aliphatic rings. The van der Waals surface area contributed by atoms with Gasteiger partial charge in [0, 0.05) is 18.3 Å². The van der Waals surface area contributed by atoms with Crippen LogP contribution >= 0.6 is 23.2 Å². The minimum Gasteiger partial charge on any atom is -0.478 e. The van der Waals surface area contributed by atoms with Gasteiger partial charge in [-0.1, -0.05) is 23.2 Å². The maximum Gasteiger partial charge on any atom is 0.335 e. The Kier molecular flexibility index (Phi) is 4.50. The minimum atomic E-state index is -1.01. The molecule has 0 bridgehead atoms. The summed E-state index contributed by atoms with van der Waals surface area (Å²) in [5, 5.41) is 9.53. The predicted molar refractivity (Wildman–Crippen MR) is 82.6 cm³/mol. The fourth-order valence-corrected chi connectivity index (χ4v) is 2.07. The largest absolute Gasteiger partial charge is 0.478 e. The maximum absolute atomic E-state index is 12.3. The lowest BCUT2D eigenvalue weighted by Gasteiger charge is -2.17. The SMILES string of the molecule is CN(C(=O)c1ccc(Cl)c(Cl)c1)c1ccc(C(=O)O)cc1. The molecule has 108 valence electrons. The molecule has 0 radical (unpaired) electrons. The smallest absolute Gasteiger partial charge is 0.335 e. The van der Waals surface area contributed by atoms with Crippen LogP contribution in [0.3, 0.4) is 0 Å². The predicted octanol–water partition coefficient (Wildman–Crippen LogP) is 3.97. The lowest BCUT2D eigenvalue weighted by molar-refractivity contribution is 0.0696.